The van der Waals surface area contributed by atoms with E-state index in [9.17, 15) is 4.91 Å². The summed E-state index contributed by atoms with van der Waals surface area (Å²) in [4.78, 5) is 10.1. The zero-order chi connectivity index (χ0) is 7.56. The molecule has 0 radical (unpaired) electrons. The minimum atomic E-state index is 0.336. The highest BCUT2D eigenvalue weighted by molar-refractivity contribution is 6.35. The van der Waals surface area contributed by atoms with E-state index in [-0.39, 0.29) is 0 Å². The third-order valence-electron chi connectivity index (χ3n) is 1.04. The van der Waals surface area contributed by atoms with E-state index < -0.39 is 0 Å². The Hall–Kier alpha value is -0.600. The van der Waals surface area contributed by atoms with Gasteiger partial charge < -0.3 is 0 Å². The van der Waals surface area contributed by atoms with Crippen molar-refractivity contribution in [1.29, 1.82) is 0 Å². The van der Waals surface area contributed by atoms with Gasteiger partial charge in [0.1, 0.15) is 5.02 Å². The Morgan fingerprint density at radius 1 is 1.30 bits per heavy atom. The summed E-state index contributed by atoms with van der Waals surface area (Å²) in [5, 5.41) is 2.54. The molecule has 52 valence electrons. The van der Waals surface area contributed by atoms with E-state index in [1.54, 1.807) is 11.2 Å². The van der Waals surface area contributed by atoms with Crippen LogP contribution in [0.1, 0.15) is 0 Å². The van der Waals surface area contributed by atoms with E-state index in [1.165, 1.54) is 12.1 Å². The van der Waals surface area contributed by atoms with Gasteiger partial charge in [-0.1, -0.05) is 23.2 Å². The van der Waals surface area contributed by atoms with E-state index >= 15 is 0 Å². The number of rotatable bonds is 1. The van der Waals surface area contributed by atoms with Crippen molar-refractivity contribution < 1.29 is 5.18 Å². The van der Waals surface area contributed by atoms with Crippen molar-refractivity contribution in [3.63, 3.8) is 0 Å². The van der Waals surface area contributed by atoms with Crippen LogP contribution in [0.15, 0.2) is 18.2 Å². The molecule has 0 amide bonds. The van der Waals surface area contributed by atoms with E-state index in [0.717, 1.165) is 0 Å². The maximum absolute atomic E-state index is 10.1. The number of hydrogen-bond donors (Lipinski definition) is 1. The maximum atomic E-state index is 10.1. The van der Waals surface area contributed by atoms with E-state index in [2.05, 4.69) is 0 Å². The van der Waals surface area contributed by atoms with Gasteiger partial charge in [-0.2, -0.15) is 0 Å². The van der Waals surface area contributed by atoms with E-state index in [4.69, 9.17) is 23.2 Å². The normalized spacial score (nSPS) is 9.40. The summed E-state index contributed by atoms with van der Waals surface area (Å²) in [6, 6.07) is 4.62. The number of nitroso groups, excluding NO2 is 1. The molecule has 10 heavy (non-hydrogen) atoms. The molecule has 1 aromatic rings. The Bertz CT molecular complexity index is 262. The van der Waals surface area contributed by atoms with Gasteiger partial charge in [0.2, 0.25) is 0 Å². The fourth-order valence-electron chi connectivity index (χ4n) is 0.572. The lowest BCUT2D eigenvalue weighted by molar-refractivity contribution is -0.379. The van der Waals surface area contributed by atoms with Crippen molar-refractivity contribution in [3.05, 3.63) is 33.2 Å². The molecule has 0 aliphatic rings. The number of hydrogen-bond acceptors (Lipinski definition) is 1. The van der Waals surface area contributed by atoms with Gasteiger partial charge in [-0.3, -0.25) is 0 Å². The Kier molecular flexibility index (Phi) is 2.25. The lowest BCUT2D eigenvalue weighted by Gasteiger charge is -1.88. The molecule has 0 aliphatic carbocycles. The van der Waals surface area contributed by atoms with Crippen LogP contribution in [0, 0.1) is 4.91 Å². The second-order valence-corrected chi connectivity index (χ2v) is 2.57. The van der Waals surface area contributed by atoms with Crippen LogP contribution in [0.5, 0.6) is 0 Å². The average molecular weight is 177 g/mol. The Labute approximate surface area is 67.7 Å². The molecule has 0 heterocycles. The minimum Gasteiger partial charge on any atom is -0.0843 e. The van der Waals surface area contributed by atoms with Gasteiger partial charge in [0.15, 0.2) is 0 Å². The summed E-state index contributed by atoms with van der Waals surface area (Å²) in [6.07, 6.45) is 0. The van der Waals surface area contributed by atoms with Crippen molar-refractivity contribution in [2.45, 2.75) is 0 Å². The second kappa shape index (κ2) is 2.99. The van der Waals surface area contributed by atoms with Gasteiger partial charge >= 0.3 is 0 Å². The van der Waals surface area contributed by atoms with Crippen LogP contribution in [-0.4, -0.2) is 0 Å². The third-order valence-corrected chi connectivity index (χ3v) is 1.59. The quantitative estimate of drug-likeness (QED) is 0.691. The highest BCUT2D eigenvalue weighted by atomic mass is 35.5. The first-order chi connectivity index (χ1) is 4.74. The zero-order valence-corrected chi connectivity index (χ0v) is 6.41. The number of halogens is 2. The van der Waals surface area contributed by atoms with Crippen LogP contribution in [-0.2, 0) is 0 Å². The Morgan fingerprint density at radius 3 is 2.50 bits per heavy atom. The summed E-state index contributed by atoms with van der Waals surface area (Å²) in [7, 11) is 0. The lowest BCUT2D eigenvalue weighted by atomic mass is 10.3. The molecule has 0 bridgehead atoms. The zero-order valence-electron chi connectivity index (χ0n) is 4.90. The maximum Gasteiger partial charge on any atom is 0.271 e. The van der Waals surface area contributed by atoms with Crippen LogP contribution in [0.4, 0.5) is 5.69 Å². The monoisotopic (exact) mass is 176 g/mol. The summed E-state index contributed by atoms with van der Waals surface area (Å²) in [6.45, 7) is 0. The molecule has 0 fully saturated rings. The van der Waals surface area contributed by atoms with Crippen LogP contribution in [0.25, 0.3) is 0 Å². The number of nitrogens with one attached hydrogen (secondary N) is 1. The van der Waals surface area contributed by atoms with Crippen LogP contribution >= 0.6 is 23.2 Å². The fraction of sp³-hybridized carbons (Fsp3) is 0. The van der Waals surface area contributed by atoms with Crippen molar-refractivity contribution in [2.75, 3.05) is 0 Å². The molecule has 1 rings (SSSR count). The first-order valence-corrected chi connectivity index (χ1v) is 3.33. The molecule has 0 saturated heterocycles. The van der Waals surface area contributed by atoms with Gasteiger partial charge in [-0.25, -0.2) is 0 Å². The average Bonchev–Trinajstić information content (AvgIpc) is 1.88. The molecular formula is C6H4Cl2NO+. The predicted molar refractivity (Wildman–Crippen MR) is 40.5 cm³/mol. The third kappa shape index (κ3) is 1.46. The molecule has 0 spiro atoms. The Balaban J connectivity index is 3.19. The van der Waals surface area contributed by atoms with Gasteiger partial charge in [-0.15, -0.1) is 0 Å². The molecule has 0 saturated carbocycles. The largest absolute Gasteiger partial charge is 0.271 e. The van der Waals surface area contributed by atoms with Crippen molar-refractivity contribution in [2.24, 2.45) is 0 Å². The molecule has 0 aromatic heterocycles. The molecule has 0 aliphatic heterocycles. The summed E-state index contributed by atoms with van der Waals surface area (Å²) in [5.41, 5.74) is 0.339. The topological polar surface area (TPSA) is 31.0 Å². The SMILES string of the molecule is O=[NH+]c1ccc(Cl)cc1Cl. The van der Waals surface area contributed by atoms with Gasteiger partial charge in [0.25, 0.3) is 5.69 Å². The molecule has 4 heteroatoms. The van der Waals surface area contributed by atoms with Crippen molar-refractivity contribution in [1.82, 2.24) is 0 Å². The van der Waals surface area contributed by atoms with Crippen LogP contribution < -0.4 is 5.18 Å². The first-order valence-electron chi connectivity index (χ1n) is 2.57. The summed E-state index contributed by atoms with van der Waals surface area (Å²) >= 11 is 11.1. The summed E-state index contributed by atoms with van der Waals surface area (Å²) in [5.74, 6) is 0. The molecule has 0 unspecified atom stereocenters. The Morgan fingerprint density at radius 2 is 2.00 bits per heavy atom. The van der Waals surface area contributed by atoms with Crippen LogP contribution in [0.3, 0.4) is 0 Å². The van der Waals surface area contributed by atoms with Crippen molar-refractivity contribution in [3.8, 4) is 0 Å². The van der Waals surface area contributed by atoms with E-state index in [0.29, 0.717) is 15.7 Å². The van der Waals surface area contributed by atoms with Crippen molar-refractivity contribution >= 4 is 28.9 Å². The molecule has 2 nitrogen and oxygen atoms in total. The molecule has 0 atom stereocenters. The van der Waals surface area contributed by atoms with Crippen LogP contribution in [0.2, 0.25) is 10.0 Å². The standard InChI is InChI=1S/C6H3Cl2NO/c7-4-1-2-6(9-10)5(8)3-4/h1-3H/p+1. The second-order valence-electron chi connectivity index (χ2n) is 1.73. The highest BCUT2D eigenvalue weighted by Crippen LogP contribution is 2.20. The molecule has 1 N–H and O–H groups in total. The highest BCUT2D eigenvalue weighted by Gasteiger charge is 2.04. The minimum absolute atomic E-state index is 0.336. The smallest absolute Gasteiger partial charge is 0.0843 e. The predicted octanol–water partition coefficient (Wildman–Crippen LogP) is 1.47. The van der Waals surface area contributed by atoms with Gasteiger partial charge in [0.05, 0.1) is 0 Å². The van der Waals surface area contributed by atoms with Gasteiger partial charge in [0, 0.05) is 21.2 Å². The fourth-order valence-corrected chi connectivity index (χ4v) is 1.02. The molecule has 1 aromatic carbocycles. The first kappa shape index (κ1) is 7.51. The summed E-state index contributed by atoms with van der Waals surface area (Å²) < 4.78 is 0. The van der Waals surface area contributed by atoms with Gasteiger partial charge in [-0.05, 0) is 12.1 Å². The number of benzene rings is 1. The molecular weight excluding hydrogens is 173 g/mol. The van der Waals surface area contributed by atoms with E-state index in [1.807, 2.05) is 0 Å². The lowest BCUT2D eigenvalue weighted by Crippen LogP contribution is -2.55.